The number of methoxy groups -OCH3 is 3. The SMILES string of the molecule is COc1cc(NS(=O)(=O)c2ccccc2C(F)(F)F)ccc1Oc1ccnc2c(OC)c(OC)ccc12. The Kier molecular flexibility index (Phi) is 7.03. The second kappa shape index (κ2) is 10.1. The highest BCUT2D eigenvalue weighted by Crippen LogP contribution is 2.41. The Hall–Kier alpha value is -4.19. The summed E-state index contributed by atoms with van der Waals surface area (Å²) in [6, 6.07) is 13.1. The molecule has 1 aromatic heterocycles. The minimum absolute atomic E-state index is 0.0211. The second-order valence-corrected chi connectivity index (χ2v) is 9.22. The van der Waals surface area contributed by atoms with Gasteiger partial charge in [0.2, 0.25) is 0 Å². The summed E-state index contributed by atoms with van der Waals surface area (Å²) in [6.07, 6.45) is -3.33. The standard InChI is InChI=1S/C25H21F3N2O6S/c1-33-20-11-9-16-18(12-13-29-23(16)24(20)35-3)36-19-10-8-15(14-21(19)34-2)30-37(31,32)22-7-5-4-6-17(22)25(26,27)28/h4-14,30H,1-3H3. The normalized spacial score (nSPS) is 11.7. The molecule has 1 heterocycles. The first kappa shape index (κ1) is 25.9. The van der Waals surface area contributed by atoms with E-state index in [2.05, 4.69) is 9.71 Å². The largest absolute Gasteiger partial charge is 0.493 e. The van der Waals surface area contributed by atoms with Crippen LogP contribution in [0.3, 0.4) is 0 Å². The molecule has 4 aromatic rings. The number of alkyl halides is 3. The number of sulfonamides is 1. The van der Waals surface area contributed by atoms with Gasteiger partial charge in [-0.15, -0.1) is 0 Å². The summed E-state index contributed by atoms with van der Waals surface area (Å²) in [5.74, 6) is 1.66. The van der Waals surface area contributed by atoms with E-state index >= 15 is 0 Å². The first-order chi connectivity index (χ1) is 17.6. The molecule has 0 unspecified atom stereocenters. The van der Waals surface area contributed by atoms with Crippen molar-refractivity contribution in [3.8, 4) is 28.7 Å². The van der Waals surface area contributed by atoms with Crippen molar-refractivity contribution in [2.24, 2.45) is 0 Å². The van der Waals surface area contributed by atoms with Gasteiger partial charge in [0.15, 0.2) is 23.0 Å². The lowest BCUT2D eigenvalue weighted by molar-refractivity contribution is -0.139. The molecule has 194 valence electrons. The number of pyridine rings is 1. The van der Waals surface area contributed by atoms with E-state index in [-0.39, 0.29) is 17.2 Å². The van der Waals surface area contributed by atoms with Crippen LogP contribution >= 0.6 is 0 Å². The van der Waals surface area contributed by atoms with Crippen molar-refractivity contribution in [3.63, 3.8) is 0 Å². The molecule has 0 fully saturated rings. The molecule has 12 heteroatoms. The first-order valence-electron chi connectivity index (χ1n) is 10.6. The molecule has 0 aliphatic carbocycles. The number of anilines is 1. The Morgan fingerprint density at radius 1 is 0.811 bits per heavy atom. The Labute approximate surface area is 210 Å². The van der Waals surface area contributed by atoms with E-state index in [0.717, 1.165) is 12.1 Å². The molecule has 0 saturated carbocycles. The van der Waals surface area contributed by atoms with Crippen LogP contribution in [-0.4, -0.2) is 34.7 Å². The Balaban J connectivity index is 1.67. The number of nitrogens with one attached hydrogen (secondary N) is 1. The molecule has 0 atom stereocenters. The third kappa shape index (κ3) is 5.19. The van der Waals surface area contributed by atoms with E-state index in [0.29, 0.717) is 34.2 Å². The van der Waals surface area contributed by atoms with Crippen molar-refractivity contribution >= 4 is 26.6 Å². The molecule has 3 aromatic carbocycles. The van der Waals surface area contributed by atoms with E-state index in [1.165, 1.54) is 51.8 Å². The average molecular weight is 535 g/mol. The zero-order valence-corrected chi connectivity index (χ0v) is 20.6. The number of ether oxygens (including phenoxy) is 4. The number of benzene rings is 3. The molecule has 0 saturated heterocycles. The number of fused-ring (bicyclic) bond motifs is 1. The van der Waals surface area contributed by atoms with Gasteiger partial charge in [-0.2, -0.15) is 13.2 Å². The van der Waals surface area contributed by atoms with Crippen LogP contribution in [0.1, 0.15) is 5.56 Å². The van der Waals surface area contributed by atoms with E-state index in [1.807, 2.05) is 0 Å². The summed E-state index contributed by atoms with van der Waals surface area (Å²) in [5, 5.41) is 0.607. The number of hydrogen-bond donors (Lipinski definition) is 1. The molecule has 37 heavy (non-hydrogen) atoms. The van der Waals surface area contributed by atoms with Crippen LogP contribution in [0.4, 0.5) is 18.9 Å². The zero-order valence-electron chi connectivity index (χ0n) is 19.8. The van der Waals surface area contributed by atoms with Crippen LogP contribution in [-0.2, 0) is 16.2 Å². The summed E-state index contributed by atoms with van der Waals surface area (Å²) in [4.78, 5) is 3.45. The fraction of sp³-hybridized carbons (Fsp3) is 0.160. The molecule has 0 radical (unpaired) electrons. The van der Waals surface area contributed by atoms with Crippen LogP contribution in [0, 0.1) is 0 Å². The van der Waals surface area contributed by atoms with Crippen molar-refractivity contribution in [1.29, 1.82) is 0 Å². The maximum atomic E-state index is 13.3. The summed E-state index contributed by atoms with van der Waals surface area (Å²) < 4.78 is 89.9. The maximum Gasteiger partial charge on any atom is 0.417 e. The van der Waals surface area contributed by atoms with Gasteiger partial charge in [0.25, 0.3) is 10.0 Å². The molecule has 0 aliphatic rings. The smallest absolute Gasteiger partial charge is 0.417 e. The lowest BCUT2D eigenvalue weighted by Gasteiger charge is -2.16. The quantitative estimate of drug-likeness (QED) is 0.302. The monoisotopic (exact) mass is 534 g/mol. The van der Waals surface area contributed by atoms with Gasteiger partial charge in [-0.25, -0.2) is 8.42 Å². The number of nitrogens with zero attached hydrogens (tertiary/aromatic N) is 1. The number of hydrogen-bond acceptors (Lipinski definition) is 7. The van der Waals surface area contributed by atoms with Crippen molar-refractivity contribution in [2.75, 3.05) is 26.1 Å². The van der Waals surface area contributed by atoms with Gasteiger partial charge < -0.3 is 18.9 Å². The van der Waals surface area contributed by atoms with Crippen LogP contribution in [0.15, 0.2) is 71.8 Å². The predicted octanol–water partition coefficient (Wildman–Crippen LogP) is 5.87. The Bertz CT molecular complexity index is 1560. The van der Waals surface area contributed by atoms with Crippen molar-refractivity contribution in [1.82, 2.24) is 4.98 Å². The molecule has 0 spiro atoms. The molecule has 1 N–H and O–H groups in total. The molecule has 0 bridgehead atoms. The third-order valence-corrected chi connectivity index (χ3v) is 6.77. The fourth-order valence-corrected chi connectivity index (χ4v) is 4.95. The molecular weight excluding hydrogens is 513 g/mol. The highest BCUT2D eigenvalue weighted by molar-refractivity contribution is 7.92. The second-order valence-electron chi connectivity index (χ2n) is 7.57. The Morgan fingerprint density at radius 2 is 1.51 bits per heavy atom. The minimum atomic E-state index is -4.85. The third-order valence-electron chi connectivity index (χ3n) is 5.33. The first-order valence-corrected chi connectivity index (χ1v) is 12.1. The van der Waals surface area contributed by atoms with Crippen LogP contribution < -0.4 is 23.7 Å². The van der Waals surface area contributed by atoms with Gasteiger partial charge in [0.1, 0.15) is 11.3 Å². The van der Waals surface area contributed by atoms with E-state index in [4.69, 9.17) is 18.9 Å². The van der Waals surface area contributed by atoms with Gasteiger partial charge in [0.05, 0.1) is 37.5 Å². The summed E-state index contributed by atoms with van der Waals surface area (Å²) in [6.45, 7) is 0. The van der Waals surface area contributed by atoms with Gasteiger partial charge in [-0.05, 0) is 42.5 Å². The molecule has 8 nitrogen and oxygen atoms in total. The van der Waals surface area contributed by atoms with Crippen LogP contribution in [0.2, 0.25) is 0 Å². The Morgan fingerprint density at radius 3 is 2.19 bits per heavy atom. The van der Waals surface area contributed by atoms with Crippen molar-refractivity contribution in [2.45, 2.75) is 11.1 Å². The van der Waals surface area contributed by atoms with E-state index in [1.54, 1.807) is 18.2 Å². The topological polar surface area (TPSA) is 96.0 Å². The van der Waals surface area contributed by atoms with E-state index < -0.39 is 26.7 Å². The predicted molar refractivity (Wildman–Crippen MR) is 130 cm³/mol. The maximum absolute atomic E-state index is 13.3. The van der Waals surface area contributed by atoms with Crippen LogP contribution in [0.5, 0.6) is 28.7 Å². The number of halogens is 3. The number of aromatic nitrogens is 1. The van der Waals surface area contributed by atoms with Gasteiger partial charge in [-0.3, -0.25) is 9.71 Å². The average Bonchev–Trinajstić information content (AvgIpc) is 2.88. The molecule has 0 aliphatic heterocycles. The summed E-state index contributed by atoms with van der Waals surface area (Å²) >= 11 is 0. The molecule has 0 amide bonds. The van der Waals surface area contributed by atoms with Gasteiger partial charge in [0, 0.05) is 17.6 Å². The van der Waals surface area contributed by atoms with Crippen molar-refractivity contribution < 1.29 is 40.5 Å². The lowest BCUT2D eigenvalue weighted by Crippen LogP contribution is -2.18. The van der Waals surface area contributed by atoms with Gasteiger partial charge >= 0.3 is 6.18 Å². The molecular formula is C25H21F3N2O6S. The fourth-order valence-electron chi connectivity index (χ4n) is 3.68. The van der Waals surface area contributed by atoms with Crippen molar-refractivity contribution in [3.05, 3.63) is 72.4 Å². The van der Waals surface area contributed by atoms with E-state index in [9.17, 15) is 21.6 Å². The lowest BCUT2D eigenvalue weighted by atomic mass is 10.1. The molecule has 4 rings (SSSR count). The highest BCUT2D eigenvalue weighted by atomic mass is 32.2. The minimum Gasteiger partial charge on any atom is -0.493 e. The summed E-state index contributed by atoms with van der Waals surface area (Å²) in [7, 11) is -0.227. The zero-order chi connectivity index (χ0) is 26.8. The highest BCUT2D eigenvalue weighted by Gasteiger charge is 2.37. The number of rotatable bonds is 8. The van der Waals surface area contributed by atoms with Crippen LogP contribution in [0.25, 0.3) is 10.9 Å². The van der Waals surface area contributed by atoms with Gasteiger partial charge in [-0.1, -0.05) is 12.1 Å². The summed E-state index contributed by atoms with van der Waals surface area (Å²) in [5.41, 5.74) is -0.802.